The molecule has 16 heteroatoms. The molecule has 2 saturated heterocycles. The number of methoxy groups -OCH3 is 3. The van der Waals surface area contributed by atoms with Crippen LogP contribution in [0.2, 0.25) is 0 Å². The molecule has 10 atom stereocenters. The third-order valence-electron chi connectivity index (χ3n) is 8.29. The number of hydrogen-bond acceptors (Lipinski definition) is 16. The molecule has 250 valence electrons. The van der Waals surface area contributed by atoms with Crippen LogP contribution in [0, 0.1) is 0 Å². The van der Waals surface area contributed by atoms with E-state index in [4.69, 9.17) is 33.2 Å². The molecule has 1 aliphatic carbocycles. The highest BCUT2D eigenvalue weighted by atomic mass is 16.7. The monoisotopic (exact) mass is 642 g/mol. The molecule has 16 nitrogen and oxygen atoms in total. The fraction of sp³-hybridized carbons (Fsp3) is 0.586. The van der Waals surface area contributed by atoms with E-state index in [1.807, 2.05) is 0 Å². The van der Waals surface area contributed by atoms with Crippen LogP contribution in [0.25, 0.3) is 11.1 Å². The summed E-state index contributed by atoms with van der Waals surface area (Å²) in [5.74, 6) is -0.332. The highest BCUT2D eigenvalue weighted by Gasteiger charge is 2.47. The minimum atomic E-state index is -1.70. The molecule has 3 aliphatic rings. The van der Waals surface area contributed by atoms with Crippen LogP contribution in [0.5, 0.6) is 34.5 Å². The Morgan fingerprint density at radius 1 is 0.600 bits per heavy atom. The molecule has 0 amide bonds. The predicted molar refractivity (Wildman–Crippen MR) is 149 cm³/mol. The maximum Gasteiger partial charge on any atom is 0.229 e. The molecule has 5 rings (SSSR count). The van der Waals surface area contributed by atoms with E-state index in [-0.39, 0.29) is 34.5 Å². The molecule has 0 radical (unpaired) electrons. The summed E-state index contributed by atoms with van der Waals surface area (Å²) in [6, 6.07) is 3.15. The van der Waals surface area contributed by atoms with Crippen molar-refractivity contribution < 1.29 is 79.1 Å². The molecular weight excluding hydrogens is 604 g/mol. The molecule has 2 unspecified atom stereocenters. The summed E-state index contributed by atoms with van der Waals surface area (Å²) in [6.07, 6.45) is -14.6. The number of aromatic hydroxyl groups is 1. The number of aryl methyl sites for hydroxylation is 2. The van der Waals surface area contributed by atoms with Crippen molar-refractivity contribution in [3.63, 3.8) is 0 Å². The van der Waals surface area contributed by atoms with Gasteiger partial charge in [0.2, 0.25) is 24.1 Å². The number of benzene rings is 2. The quantitative estimate of drug-likeness (QED) is 0.138. The van der Waals surface area contributed by atoms with Gasteiger partial charge in [-0.1, -0.05) is 0 Å². The van der Waals surface area contributed by atoms with Gasteiger partial charge in [-0.15, -0.1) is 0 Å². The molecule has 0 spiro atoms. The summed E-state index contributed by atoms with van der Waals surface area (Å²) in [6.45, 7) is -1.30. The highest BCUT2D eigenvalue weighted by molar-refractivity contribution is 5.89. The molecule has 2 aromatic carbocycles. The first-order valence-electron chi connectivity index (χ1n) is 14.2. The summed E-state index contributed by atoms with van der Waals surface area (Å²) in [5, 5.41) is 92.2. The summed E-state index contributed by atoms with van der Waals surface area (Å²) in [5.41, 5.74) is 1.93. The van der Waals surface area contributed by atoms with E-state index in [2.05, 4.69) is 0 Å². The third kappa shape index (κ3) is 5.71. The third-order valence-corrected chi connectivity index (χ3v) is 8.29. The minimum Gasteiger partial charge on any atom is -0.504 e. The van der Waals surface area contributed by atoms with E-state index >= 15 is 0 Å². The smallest absolute Gasteiger partial charge is 0.229 e. The van der Waals surface area contributed by atoms with Crippen molar-refractivity contribution >= 4 is 0 Å². The average Bonchev–Trinajstić information content (AvgIpc) is 3.04. The molecule has 45 heavy (non-hydrogen) atoms. The van der Waals surface area contributed by atoms with Gasteiger partial charge < -0.3 is 79.1 Å². The van der Waals surface area contributed by atoms with Crippen LogP contribution in [0.4, 0.5) is 0 Å². The molecule has 2 heterocycles. The molecule has 0 aromatic heterocycles. The summed E-state index contributed by atoms with van der Waals surface area (Å²) < 4.78 is 39.5. The second-order valence-corrected chi connectivity index (χ2v) is 10.9. The van der Waals surface area contributed by atoms with E-state index in [9.17, 15) is 46.0 Å². The first kappa shape index (κ1) is 33.2. The lowest BCUT2D eigenvalue weighted by Crippen LogP contribution is -2.60. The Morgan fingerprint density at radius 3 is 1.44 bits per heavy atom. The number of aliphatic hydroxyl groups excluding tert-OH is 8. The summed E-state index contributed by atoms with van der Waals surface area (Å²) in [4.78, 5) is 0. The van der Waals surface area contributed by atoms with Crippen LogP contribution >= 0.6 is 0 Å². The topological polar surface area (TPSA) is 247 Å². The molecule has 0 saturated carbocycles. The number of rotatable bonds is 9. The molecular formula is C29H38O16. The zero-order valence-electron chi connectivity index (χ0n) is 24.6. The normalized spacial score (nSPS) is 32.7. The Balaban J connectivity index is 1.54. The van der Waals surface area contributed by atoms with Crippen LogP contribution in [-0.2, 0) is 22.3 Å². The number of phenols is 1. The van der Waals surface area contributed by atoms with Crippen LogP contribution in [0.1, 0.15) is 11.1 Å². The molecule has 2 fully saturated rings. The van der Waals surface area contributed by atoms with Crippen LogP contribution in [-0.4, -0.2) is 142 Å². The average molecular weight is 643 g/mol. The fourth-order valence-electron chi connectivity index (χ4n) is 5.90. The van der Waals surface area contributed by atoms with Gasteiger partial charge in [-0.2, -0.15) is 0 Å². The maximum absolute atomic E-state index is 11.5. The Labute approximate surface area is 257 Å². The van der Waals surface area contributed by atoms with Gasteiger partial charge >= 0.3 is 0 Å². The minimum absolute atomic E-state index is 0.0427. The van der Waals surface area contributed by atoms with Gasteiger partial charge in [-0.05, 0) is 36.1 Å². The molecule has 0 bridgehead atoms. The predicted octanol–water partition coefficient (Wildman–Crippen LogP) is -2.46. The van der Waals surface area contributed by atoms with Crippen molar-refractivity contribution in [1.82, 2.24) is 0 Å². The lowest BCUT2D eigenvalue weighted by atomic mass is 9.83. The Morgan fingerprint density at radius 2 is 1.02 bits per heavy atom. The number of fused-ring (bicyclic) bond motifs is 3. The molecule has 9 N–H and O–H groups in total. The van der Waals surface area contributed by atoms with E-state index in [1.165, 1.54) is 21.3 Å². The van der Waals surface area contributed by atoms with Gasteiger partial charge in [-0.3, -0.25) is 0 Å². The van der Waals surface area contributed by atoms with E-state index < -0.39 is 74.6 Å². The number of ether oxygens (including phenoxy) is 7. The van der Waals surface area contributed by atoms with E-state index in [0.29, 0.717) is 35.1 Å². The number of phenolic OH excluding ortho intramolecular Hbond substituents is 1. The Bertz CT molecular complexity index is 1360. The number of hydrogen-bond donors (Lipinski definition) is 9. The van der Waals surface area contributed by atoms with E-state index in [1.54, 1.807) is 12.1 Å². The van der Waals surface area contributed by atoms with Crippen molar-refractivity contribution in [2.45, 2.75) is 74.3 Å². The Kier molecular flexibility index (Phi) is 9.81. The second kappa shape index (κ2) is 13.3. The van der Waals surface area contributed by atoms with Gasteiger partial charge in [-0.25, -0.2) is 0 Å². The van der Waals surface area contributed by atoms with Crippen molar-refractivity contribution in [2.75, 3.05) is 34.5 Å². The maximum atomic E-state index is 11.5. The largest absolute Gasteiger partial charge is 0.504 e. The standard InChI is InChI=1S/C29H38O16/c1-39-25-12(42-28-23(37)21(35)18(32)14(8-30)44-28)6-10-4-5-11-7-13(26(40-2)27(41-3)17(11)16(10)20(25)34)43-29-24(38)22(36)19(33)15(9-31)45-29/h6-7,14-15,18-19,21-24,28-38H,4-5,8-9H2,1-3H3/t14?,15?,18-,19+,21+,22-,23-,24+,28-,29+/m0/s1. The van der Waals surface area contributed by atoms with Gasteiger partial charge in [0.25, 0.3) is 0 Å². The van der Waals surface area contributed by atoms with E-state index in [0.717, 1.165) is 0 Å². The van der Waals surface area contributed by atoms with Gasteiger partial charge in [0, 0.05) is 11.1 Å². The van der Waals surface area contributed by atoms with Crippen LogP contribution in [0.3, 0.4) is 0 Å². The molecule has 2 aliphatic heterocycles. The Hall–Kier alpha value is -3.16. The molecule has 2 aromatic rings. The zero-order valence-corrected chi connectivity index (χ0v) is 24.6. The zero-order chi connectivity index (χ0) is 32.7. The van der Waals surface area contributed by atoms with Crippen molar-refractivity contribution in [3.05, 3.63) is 23.3 Å². The fourth-order valence-corrected chi connectivity index (χ4v) is 5.90. The van der Waals surface area contributed by atoms with Gasteiger partial charge in [0.05, 0.1) is 34.5 Å². The first-order valence-corrected chi connectivity index (χ1v) is 14.2. The highest BCUT2D eigenvalue weighted by Crippen LogP contribution is 2.56. The first-order chi connectivity index (χ1) is 21.5. The number of aliphatic hydroxyl groups is 8. The van der Waals surface area contributed by atoms with Crippen LogP contribution in [0.15, 0.2) is 12.1 Å². The second-order valence-electron chi connectivity index (χ2n) is 10.9. The summed E-state index contributed by atoms with van der Waals surface area (Å²) in [7, 11) is 3.99. The van der Waals surface area contributed by atoms with Crippen LogP contribution < -0.4 is 23.7 Å². The lowest BCUT2D eigenvalue weighted by Gasteiger charge is -2.40. The van der Waals surface area contributed by atoms with Gasteiger partial charge in [0.1, 0.15) is 48.8 Å². The SMILES string of the molecule is COc1c(O[C@H]2OC(CO)[C@H](O)[C@@H](O)[C@@H]2O)cc2c(c1O)-c1c(cc(O[C@@H]3OC(CO)[C@@H](O)[C@H](O)[C@H]3O)c(OC)c1OC)CC2. The van der Waals surface area contributed by atoms with Crippen molar-refractivity contribution in [2.24, 2.45) is 0 Å². The summed E-state index contributed by atoms with van der Waals surface area (Å²) >= 11 is 0. The van der Waals surface area contributed by atoms with Crippen molar-refractivity contribution in [1.29, 1.82) is 0 Å². The van der Waals surface area contributed by atoms with Gasteiger partial charge in [0.15, 0.2) is 23.0 Å². The lowest BCUT2D eigenvalue weighted by molar-refractivity contribution is -0.277. The van der Waals surface area contributed by atoms with Crippen molar-refractivity contribution in [3.8, 4) is 45.6 Å².